The molecule has 4 nitrogen and oxygen atoms in total. The van der Waals surface area contributed by atoms with E-state index in [0.29, 0.717) is 5.82 Å². The zero-order valence-corrected chi connectivity index (χ0v) is 12.3. The number of hydrogen-bond donors (Lipinski definition) is 0. The number of pyridine rings is 1. The van der Waals surface area contributed by atoms with Gasteiger partial charge in [0.2, 0.25) is 5.82 Å². The summed E-state index contributed by atoms with van der Waals surface area (Å²) in [6, 6.07) is 5.66. The Balaban J connectivity index is 2.03. The van der Waals surface area contributed by atoms with E-state index in [-0.39, 0.29) is 17.0 Å². The lowest BCUT2D eigenvalue weighted by atomic mass is 10.0. The first-order chi connectivity index (χ1) is 10.9. The molecule has 3 aromatic rings. The predicted molar refractivity (Wildman–Crippen MR) is 77.4 cm³/mol. The lowest BCUT2D eigenvalue weighted by Crippen LogP contribution is -2.07. The molecule has 0 unspecified atom stereocenters. The van der Waals surface area contributed by atoms with Crippen LogP contribution in [0.2, 0.25) is 0 Å². The zero-order valence-electron chi connectivity index (χ0n) is 12.3. The standard InChI is InChI=1S/C16H12F3N3O/c1-9-3-4-11(7-13(9)16(17,18)19)15-21-14(22-23-15)12-5-6-20-8-10(12)2/h3-8H,1-2H3. The summed E-state index contributed by atoms with van der Waals surface area (Å²) in [5, 5.41) is 3.84. The fraction of sp³-hybridized carbons (Fsp3) is 0.188. The van der Waals surface area contributed by atoms with Crippen molar-refractivity contribution in [2.24, 2.45) is 0 Å². The average molecular weight is 319 g/mol. The lowest BCUT2D eigenvalue weighted by molar-refractivity contribution is -0.138. The summed E-state index contributed by atoms with van der Waals surface area (Å²) >= 11 is 0. The molecule has 2 heterocycles. The smallest absolute Gasteiger partial charge is 0.334 e. The van der Waals surface area contributed by atoms with Crippen LogP contribution in [-0.4, -0.2) is 15.1 Å². The van der Waals surface area contributed by atoms with Gasteiger partial charge in [-0.3, -0.25) is 4.98 Å². The van der Waals surface area contributed by atoms with Gasteiger partial charge in [0.15, 0.2) is 0 Å². The van der Waals surface area contributed by atoms with Crippen LogP contribution < -0.4 is 0 Å². The molecular formula is C16H12F3N3O. The topological polar surface area (TPSA) is 51.8 Å². The van der Waals surface area contributed by atoms with Gasteiger partial charge in [0, 0.05) is 23.5 Å². The minimum absolute atomic E-state index is 0.0433. The van der Waals surface area contributed by atoms with Crippen LogP contribution in [0.4, 0.5) is 13.2 Å². The number of rotatable bonds is 2. The van der Waals surface area contributed by atoms with Gasteiger partial charge in [-0.2, -0.15) is 18.2 Å². The van der Waals surface area contributed by atoms with E-state index in [9.17, 15) is 13.2 Å². The third-order valence-electron chi connectivity index (χ3n) is 3.48. The third kappa shape index (κ3) is 2.94. The number of hydrogen-bond acceptors (Lipinski definition) is 4. The third-order valence-corrected chi connectivity index (χ3v) is 3.48. The van der Waals surface area contributed by atoms with Gasteiger partial charge in [0.1, 0.15) is 0 Å². The van der Waals surface area contributed by atoms with Crippen molar-refractivity contribution in [1.29, 1.82) is 0 Å². The van der Waals surface area contributed by atoms with Gasteiger partial charge in [-0.05, 0) is 43.2 Å². The van der Waals surface area contributed by atoms with Gasteiger partial charge in [-0.1, -0.05) is 11.2 Å². The quantitative estimate of drug-likeness (QED) is 0.701. The van der Waals surface area contributed by atoms with E-state index < -0.39 is 11.7 Å². The molecule has 0 spiro atoms. The number of alkyl halides is 3. The van der Waals surface area contributed by atoms with Gasteiger partial charge in [0.05, 0.1) is 5.56 Å². The molecule has 7 heteroatoms. The SMILES string of the molecule is Cc1cnccc1-c1noc(-c2ccc(C)c(C(F)(F)F)c2)n1. The molecule has 0 fully saturated rings. The fourth-order valence-electron chi connectivity index (χ4n) is 2.23. The van der Waals surface area contributed by atoms with Crippen molar-refractivity contribution in [3.63, 3.8) is 0 Å². The van der Waals surface area contributed by atoms with E-state index in [1.165, 1.54) is 19.1 Å². The van der Waals surface area contributed by atoms with Gasteiger partial charge in [0.25, 0.3) is 5.89 Å². The molecule has 0 amide bonds. The molecule has 0 aliphatic carbocycles. The van der Waals surface area contributed by atoms with Crippen molar-refractivity contribution in [3.05, 3.63) is 53.3 Å². The normalized spacial score (nSPS) is 11.7. The Morgan fingerprint density at radius 3 is 2.52 bits per heavy atom. The molecule has 1 aromatic carbocycles. The van der Waals surface area contributed by atoms with Gasteiger partial charge in [-0.25, -0.2) is 0 Å². The molecule has 3 rings (SSSR count). The first kappa shape index (κ1) is 15.2. The first-order valence-corrected chi connectivity index (χ1v) is 6.79. The summed E-state index contributed by atoms with van der Waals surface area (Å²) in [6.45, 7) is 3.25. The van der Waals surface area contributed by atoms with Crippen LogP contribution in [0.25, 0.3) is 22.8 Å². The number of aromatic nitrogens is 3. The van der Waals surface area contributed by atoms with Crippen molar-refractivity contribution in [1.82, 2.24) is 15.1 Å². The molecule has 0 atom stereocenters. The number of benzene rings is 1. The van der Waals surface area contributed by atoms with Crippen molar-refractivity contribution in [2.45, 2.75) is 20.0 Å². The van der Waals surface area contributed by atoms with Crippen LogP contribution in [-0.2, 0) is 6.18 Å². The molecule has 0 saturated heterocycles. The second-order valence-electron chi connectivity index (χ2n) is 5.14. The number of halogens is 3. The highest BCUT2D eigenvalue weighted by molar-refractivity contribution is 5.62. The number of aryl methyl sites for hydroxylation is 2. The summed E-state index contributed by atoms with van der Waals surface area (Å²) in [5.41, 5.74) is 1.23. The summed E-state index contributed by atoms with van der Waals surface area (Å²) in [6.07, 6.45) is -1.18. The van der Waals surface area contributed by atoms with E-state index in [1.54, 1.807) is 18.5 Å². The van der Waals surface area contributed by atoms with E-state index in [4.69, 9.17) is 4.52 Å². The van der Waals surface area contributed by atoms with Crippen molar-refractivity contribution < 1.29 is 17.7 Å². The minimum Gasteiger partial charge on any atom is -0.334 e. The second-order valence-corrected chi connectivity index (χ2v) is 5.14. The Labute approximate surface area is 130 Å². The molecule has 2 aromatic heterocycles. The Kier molecular flexibility index (Phi) is 3.63. The van der Waals surface area contributed by atoms with E-state index in [1.807, 2.05) is 6.92 Å². The highest BCUT2D eigenvalue weighted by Crippen LogP contribution is 2.34. The molecule has 0 saturated carbocycles. The predicted octanol–water partition coefficient (Wildman–Crippen LogP) is 4.43. The second kappa shape index (κ2) is 5.49. The molecule has 0 aliphatic rings. The van der Waals surface area contributed by atoms with Crippen LogP contribution >= 0.6 is 0 Å². The zero-order chi connectivity index (χ0) is 16.6. The van der Waals surface area contributed by atoms with Crippen LogP contribution in [0.15, 0.2) is 41.2 Å². The molecular weight excluding hydrogens is 307 g/mol. The summed E-state index contributed by atoms with van der Waals surface area (Å²) in [4.78, 5) is 8.16. The maximum atomic E-state index is 13.0. The maximum Gasteiger partial charge on any atom is 0.416 e. The molecule has 0 N–H and O–H groups in total. The Hall–Kier alpha value is -2.70. The highest BCUT2D eigenvalue weighted by atomic mass is 19.4. The number of nitrogens with zero attached hydrogens (tertiary/aromatic N) is 3. The summed E-state index contributed by atoms with van der Waals surface area (Å²) < 4.78 is 44.1. The van der Waals surface area contributed by atoms with Gasteiger partial charge in [-0.15, -0.1) is 0 Å². The average Bonchev–Trinajstić information content (AvgIpc) is 2.96. The summed E-state index contributed by atoms with van der Waals surface area (Å²) in [7, 11) is 0. The molecule has 118 valence electrons. The minimum atomic E-state index is -4.43. The molecule has 0 aliphatic heterocycles. The molecule has 0 bridgehead atoms. The molecule has 0 radical (unpaired) electrons. The van der Waals surface area contributed by atoms with E-state index in [2.05, 4.69) is 15.1 Å². The van der Waals surface area contributed by atoms with E-state index >= 15 is 0 Å². The first-order valence-electron chi connectivity index (χ1n) is 6.79. The Bertz CT molecular complexity index is 856. The van der Waals surface area contributed by atoms with Gasteiger partial charge >= 0.3 is 6.18 Å². The maximum absolute atomic E-state index is 13.0. The largest absolute Gasteiger partial charge is 0.416 e. The lowest BCUT2D eigenvalue weighted by Gasteiger charge is -2.10. The van der Waals surface area contributed by atoms with Crippen molar-refractivity contribution in [2.75, 3.05) is 0 Å². The van der Waals surface area contributed by atoms with Gasteiger partial charge < -0.3 is 4.52 Å². The molecule has 23 heavy (non-hydrogen) atoms. The van der Waals surface area contributed by atoms with E-state index in [0.717, 1.165) is 17.2 Å². The van der Waals surface area contributed by atoms with Crippen LogP contribution in [0.3, 0.4) is 0 Å². The highest BCUT2D eigenvalue weighted by Gasteiger charge is 2.33. The van der Waals surface area contributed by atoms with Crippen LogP contribution in [0.5, 0.6) is 0 Å². The van der Waals surface area contributed by atoms with Crippen molar-refractivity contribution >= 4 is 0 Å². The Morgan fingerprint density at radius 1 is 1.04 bits per heavy atom. The van der Waals surface area contributed by atoms with Crippen molar-refractivity contribution in [3.8, 4) is 22.8 Å². The van der Waals surface area contributed by atoms with Crippen LogP contribution in [0, 0.1) is 13.8 Å². The summed E-state index contributed by atoms with van der Waals surface area (Å²) in [5.74, 6) is 0.357. The van der Waals surface area contributed by atoms with Crippen LogP contribution in [0.1, 0.15) is 16.7 Å². The fourth-order valence-corrected chi connectivity index (χ4v) is 2.23. The Morgan fingerprint density at radius 2 is 1.83 bits per heavy atom. The monoisotopic (exact) mass is 319 g/mol.